The normalized spacial score (nSPS) is 11.6. The van der Waals surface area contributed by atoms with Crippen LogP contribution >= 0.6 is 11.3 Å². The summed E-state index contributed by atoms with van der Waals surface area (Å²) in [4.78, 5) is 2.42. The lowest BCUT2D eigenvalue weighted by Gasteiger charge is -2.26. The Labute approximate surface area is 294 Å². The molecule has 10 rings (SSSR count). The van der Waals surface area contributed by atoms with E-state index in [4.69, 9.17) is 0 Å². The fourth-order valence-electron chi connectivity index (χ4n) is 7.67. The zero-order chi connectivity index (χ0) is 33.0. The first-order valence-corrected chi connectivity index (χ1v) is 17.9. The van der Waals surface area contributed by atoms with Crippen LogP contribution in [0.3, 0.4) is 0 Å². The molecule has 1 aromatic heterocycles. The van der Waals surface area contributed by atoms with E-state index >= 15 is 0 Å². The minimum absolute atomic E-state index is 1.13. The molecule has 0 atom stereocenters. The number of thiophene rings is 1. The van der Waals surface area contributed by atoms with Gasteiger partial charge in [0.1, 0.15) is 0 Å². The van der Waals surface area contributed by atoms with Crippen molar-refractivity contribution in [3.63, 3.8) is 0 Å². The van der Waals surface area contributed by atoms with Crippen LogP contribution in [0.25, 0.3) is 74.7 Å². The summed E-state index contributed by atoms with van der Waals surface area (Å²) >= 11 is 1.87. The predicted molar refractivity (Wildman–Crippen MR) is 217 cm³/mol. The van der Waals surface area contributed by atoms with Crippen molar-refractivity contribution in [2.75, 3.05) is 4.90 Å². The van der Waals surface area contributed by atoms with Crippen molar-refractivity contribution in [1.29, 1.82) is 0 Å². The van der Waals surface area contributed by atoms with Gasteiger partial charge in [0, 0.05) is 26.8 Å². The molecule has 0 fully saturated rings. The molecular formula is C48H31NS. The van der Waals surface area contributed by atoms with Crippen LogP contribution in [0.5, 0.6) is 0 Å². The molecule has 0 saturated carbocycles. The van der Waals surface area contributed by atoms with Gasteiger partial charge >= 0.3 is 0 Å². The number of benzene rings is 9. The largest absolute Gasteiger partial charge is 0.309 e. The number of hydrogen-bond donors (Lipinski definition) is 0. The Morgan fingerprint density at radius 1 is 0.360 bits per heavy atom. The summed E-state index contributed by atoms with van der Waals surface area (Å²) in [7, 11) is 0. The Balaban J connectivity index is 1.15. The van der Waals surface area contributed by atoms with Crippen molar-refractivity contribution in [3.8, 4) is 22.3 Å². The van der Waals surface area contributed by atoms with Gasteiger partial charge in [-0.3, -0.25) is 0 Å². The topological polar surface area (TPSA) is 3.24 Å². The number of anilines is 3. The second-order valence-electron chi connectivity index (χ2n) is 12.9. The average molecular weight is 654 g/mol. The number of fused-ring (bicyclic) bond motifs is 8. The highest BCUT2D eigenvalue weighted by molar-refractivity contribution is 7.26. The SMILES string of the molecule is c1ccc(-c2ccc(N(c3ccc(-c4cc5ccccc5c5c4ccc4ccccc45)cc3)c3cccc4c3sc3ccccc34)cc2)cc1. The van der Waals surface area contributed by atoms with Crippen molar-refractivity contribution < 1.29 is 0 Å². The van der Waals surface area contributed by atoms with Crippen LogP contribution in [0, 0.1) is 0 Å². The maximum absolute atomic E-state index is 2.42. The monoisotopic (exact) mass is 653 g/mol. The molecule has 9 aromatic carbocycles. The minimum Gasteiger partial charge on any atom is -0.309 e. The molecule has 2 heteroatoms. The fourth-order valence-corrected chi connectivity index (χ4v) is 8.87. The molecule has 0 aliphatic carbocycles. The molecule has 50 heavy (non-hydrogen) atoms. The lowest BCUT2D eigenvalue weighted by Crippen LogP contribution is -2.10. The van der Waals surface area contributed by atoms with Crippen LogP contribution in [-0.2, 0) is 0 Å². The van der Waals surface area contributed by atoms with E-state index in [2.05, 4.69) is 193 Å². The smallest absolute Gasteiger partial charge is 0.0640 e. The first-order valence-electron chi connectivity index (χ1n) is 17.1. The molecule has 1 heterocycles. The van der Waals surface area contributed by atoms with Crippen molar-refractivity contribution in [2.24, 2.45) is 0 Å². The van der Waals surface area contributed by atoms with Crippen molar-refractivity contribution >= 4 is 80.9 Å². The maximum Gasteiger partial charge on any atom is 0.0640 e. The second kappa shape index (κ2) is 11.7. The third-order valence-electron chi connectivity index (χ3n) is 10.0. The second-order valence-corrected chi connectivity index (χ2v) is 14.0. The molecule has 234 valence electrons. The Kier molecular flexibility index (Phi) is 6.75. The number of rotatable bonds is 5. The standard InChI is InChI=1S/C48H31NS/c1-2-11-32(12-3-1)33-21-26-37(27-22-33)49(45-19-10-18-43-41-17-8-9-20-46(41)50-48(43)45)38-28-23-35(24-29-38)44-31-36-14-5-7-16-40(36)47-39-15-6-4-13-34(39)25-30-42(44)47/h1-31H. The molecule has 0 bridgehead atoms. The summed E-state index contributed by atoms with van der Waals surface area (Å²) in [6, 6.07) is 68.7. The zero-order valence-corrected chi connectivity index (χ0v) is 28.1. The highest BCUT2D eigenvalue weighted by Crippen LogP contribution is 2.46. The van der Waals surface area contributed by atoms with Gasteiger partial charge in [0.25, 0.3) is 0 Å². The predicted octanol–water partition coefficient (Wildman–Crippen LogP) is 14.3. The lowest BCUT2D eigenvalue weighted by molar-refractivity contribution is 1.30. The minimum atomic E-state index is 1.13. The molecule has 0 spiro atoms. The van der Waals surface area contributed by atoms with Gasteiger partial charge in [0.2, 0.25) is 0 Å². The first-order chi connectivity index (χ1) is 24.8. The summed E-state index contributed by atoms with van der Waals surface area (Å²) in [6.45, 7) is 0. The number of nitrogens with zero attached hydrogens (tertiary/aromatic N) is 1. The molecule has 0 amide bonds. The third-order valence-corrected chi connectivity index (χ3v) is 11.3. The summed E-state index contributed by atoms with van der Waals surface area (Å²) in [5.74, 6) is 0. The van der Waals surface area contributed by atoms with Crippen LogP contribution in [0.2, 0.25) is 0 Å². The summed E-state index contributed by atoms with van der Waals surface area (Å²) < 4.78 is 2.60. The molecule has 0 unspecified atom stereocenters. The maximum atomic E-state index is 2.42. The molecule has 0 saturated heterocycles. The van der Waals surface area contributed by atoms with Crippen molar-refractivity contribution in [1.82, 2.24) is 0 Å². The molecule has 0 aliphatic rings. The highest BCUT2D eigenvalue weighted by Gasteiger charge is 2.19. The molecule has 1 nitrogen and oxygen atoms in total. The van der Waals surface area contributed by atoms with E-state index in [1.165, 1.54) is 80.4 Å². The van der Waals surface area contributed by atoms with E-state index in [0.29, 0.717) is 0 Å². The van der Waals surface area contributed by atoms with E-state index in [1.807, 2.05) is 11.3 Å². The quantitative estimate of drug-likeness (QED) is 0.167. The molecule has 10 aromatic rings. The summed E-state index contributed by atoms with van der Waals surface area (Å²) in [5.41, 5.74) is 8.33. The Morgan fingerprint density at radius 3 is 1.70 bits per heavy atom. The molecule has 0 N–H and O–H groups in total. The van der Waals surface area contributed by atoms with Crippen LogP contribution in [0.15, 0.2) is 188 Å². The number of hydrogen-bond acceptors (Lipinski definition) is 2. The van der Waals surface area contributed by atoms with Crippen LogP contribution in [0.1, 0.15) is 0 Å². The molecule has 0 aliphatic heterocycles. The van der Waals surface area contributed by atoms with E-state index < -0.39 is 0 Å². The lowest BCUT2D eigenvalue weighted by atomic mass is 9.90. The van der Waals surface area contributed by atoms with Gasteiger partial charge < -0.3 is 4.90 Å². The van der Waals surface area contributed by atoms with Gasteiger partial charge in [-0.1, -0.05) is 146 Å². The Hall–Kier alpha value is -6.22. The summed E-state index contributed by atoms with van der Waals surface area (Å²) in [6.07, 6.45) is 0. The van der Waals surface area contributed by atoms with E-state index in [9.17, 15) is 0 Å². The average Bonchev–Trinajstić information content (AvgIpc) is 3.58. The van der Waals surface area contributed by atoms with E-state index in [0.717, 1.165) is 11.4 Å². The van der Waals surface area contributed by atoms with Gasteiger partial charge in [-0.25, -0.2) is 0 Å². The Bertz CT molecular complexity index is 2830. The summed E-state index contributed by atoms with van der Waals surface area (Å²) in [5, 5.41) is 10.3. The Morgan fingerprint density at radius 2 is 0.940 bits per heavy atom. The van der Waals surface area contributed by atoms with Crippen LogP contribution < -0.4 is 4.90 Å². The third kappa shape index (κ3) is 4.69. The first kappa shape index (κ1) is 28.8. The zero-order valence-electron chi connectivity index (χ0n) is 27.3. The van der Waals surface area contributed by atoms with Gasteiger partial charge in [0.05, 0.1) is 10.4 Å². The van der Waals surface area contributed by atoms with Crippen LogP contribution in [0.4, 0.5) is 17.1 Å². The van der Waals surface area contributed by atoms with Gasteiger partial charge in [-0.15, -0.1) is 11.3 Å². The van der Waals surface area contributed by atoms with Gasteiger partial charge in [-0.05, 0) is 97.0 Å². The molecular weight excluding hydrogens is 623 g/mol. The van der Waals surface area contributed by atoms with Crippen molar-refractivity contribution in [3.05, 3.63) is 188 Å². The van der Waals surface area contributed by atoms with E-state index in [1.54, 1.807) is 0 Å². The van der Waals surface area contributed by atoms with Gasteiger partial charge in [0.15, 0.2) is 0 Å². The highest BCUT2D eigenvalue weighted by atomic mass is 32.1. The van der Waals surface area contributed by atoms with Crippen LogP contribution in [-0.4, -0.2) is 0 Å². The molecule has 0 radical (unpaired) electrons. The van der Waals surface area contributed by atoms with Crippen molar-refractivity contribution in [2.45, 2.75) is 0 Å². The van der Waals surface area contributed by atoms with E-state index in [-0.39, 0.29) is 0 Å². The van der Waals surface area contributed by atoms with Gasteiger partial charge in [-0.2, -0.15) is 0 Å². The fraction of sp³-hybridized carbons (Fsp3) is 0.